The molecule has 0 fully saturated rings. The second kappa shape index (κ2) is 5.18. The van der Waals surface area contributed by atoms with Crippen LogP contribution in [0.25, 0.3) is 11.7 Å². The highest BCUT2D eigenvalue weighted by molar-refractivity contribution is 7.99. The molecular weight excluding hydrogens is 228 g/mol. The Hall–Kier alpha value is -1.27. The SMILES string of the molecule is C[C@H](CO)SCc1nnc(-c2ccco2)o1. The van der Waals surface area contributed by atoms with Gasteiger partial charge in [0.2, 0.25) is 5.89 Å². The maximum absolute atomic E-state index is 8.87. The van der Waals surface area contributed by atoms with Gasteiger partial charge in [0.25, 0.3) is 5.89 Å². The Balaban J connectivity index is 1.98. The summed E-state index contributed by atoms with van der Waals surface area (Å²) >= 11 is 1.56. The molecular formula is C10H12N2O3S. The molecule has 0 aliphatic heterocycles. The molecule has 16 heavy (non-hydrogen) atoms. The highest BCUT2D eigenvalue weighted by atomic mass is 32.2. The number of aliphatic hydroxyl groups excluding tert-OH is 1. The van der Waals surface area contributed by atoms with E-state index in [2.05, 4.69) is 10.2 Å². The van der Waals surface area contributed by atoms with Crippen LogP contribution in [0.2, 0.25) is 0 Å². The molecule has 0 saturated carbocycles. The molecule has 0 unspecified atom stereocenters. The molecule has 2 aromatic rings. The van der Waals surface area contributed by atoms with Gasteiger partial charge in [0.05, 0.1) is 18.6 Å². The topological polar surface area (TPSA) is 72.3 Å². The number of hydrogen-bond acceptors (Lipinski definition) is 6. The monoisotopic (exact) mass is 240 g/mol. The molecule has 5 nitrogen and oxygen atoms in total. The Labute approximate surface area is 96.9 Å². The summed E-state index contributed by atoms with van der Waals surface area (Å²) in [5.74, 6) is 2.09. The van der Waals surface area contributed by atoms with Crippen molar-refractivity contribution in [2.75, 3.05) is 6.61 Å². The second-order valence-corrected chi connectivity index (χ2v) is 4.71. The van der Waals surface area contributed by atoms with Crippen molar-refractivity contribution >= 4 is 11.8 Å². The Morgan fingerprint density at radius 1 is 1.50 bits per heavy atom. The van der Waals surface area contributed by atoms with Crippen LogP contribution in [0, 0.1) is 0 Å². The van der Waals surface area contributed by atoms with Gasteiger partial charge in [-0.1, -0.05) is 6.92 Å². The third-order valence-corrected chi connectivity index (χ3v) is 3.08. The molecule has 0 spiro atoms. The minimum absolute atomic E-state index is 0.143. The van der Waals surface area contributed by atoms with E-state index in [4.69, 9.17) is 13.9 Å². The Morgan fingerprint density at radius 2 is 2.38 bits per heavy atom. The average Bonchev–Trinajstić information content (AvgIpc) is 2.95. The van der Waals surface area contributed by atoms with Crippen LogP contribution < -0.4 is 0 Å². The fraction of sp³-hybridized carbons (Fsp3) is 0.400. The molecule has 0 amide bonds. The zero-order valence-electron chi connectivity index (χ0n) is 8.79. The van der Waals surface area contributed by atoms with Crippen LogP contribution in [0.1, 0.15) is 12.8 Å². The molecule has 0 radical (unpaired) electrons. The lowest BCUT2D eigenvalue weighted by atomic mass is 10.5. The summed E-state index contributed by atoms with van der Waals surface area (Å²) in [5.41, 5.74) is 0. The molecule has 2 rings (SSSR count). The number of thioether (sulfide) groups is 1. The molecule has 2 heterocycles. The lowest BCUT2D eigenvalue weighted by Gasteiger charge is -2.03. The third-order valence-electron chi connectivity index (χ3n) is 1.95. The molecule has 0 bridgehead atoms. The smallest absolute Gasteiger partial charge is 0.283 e. The van der Waals surface area contributed by atoms with Gasteiger partial charge in [0, 0.05) is 5.25 Å². The fourth-order valence-electron chi connectivity index (χ4n) is 1.08. The van der Waals surface area contributed by atoms with Crippen molar-refractivity contribution < 1.29 is 13.9 Å². The van der Waals surface area contributed by atoms with Gasteiger partial charge in [-0.2, -0.15) is 0 Å². The molecule has 0 aromatic carbocycles. The van der Waals surface area contributed by atoms with E-state index in [9.17, 15) is 0 Å². The van der Waals surface area contributed by atoms with Gasteiger partial charge < -0.3 is 13.9 Å². The Kier molecular flexibility index (Phi) is 3.63. The van der Waals surface area contributed by atoms with E-state index >= 15 is 0 Å². The van der Waals surface area contributed by atoms with Crippen molar-refractivity contribution in [2.45, 2.75) is 17.9 Å². The van der Waals surface area contributed by atoms with Gasteiger partial charge in [-0.15, -0.1) is 22.0 Å². The normalized spacial score (nSPS) is 12.9. The maximum atomic E-state index is 8.87. The highest BCUT2D eigenvalue weighted by Gasteiger charge is 2.11. The van der Waals surface area contributed by atoms with Crippen molar-refractivity contribution in [3.8, 4) is 11.7 Å². The van der Waals surface area contributed by atoms with Crippen molar-refractivity contribution in [1.29, 1.82) is 0 Å². The summed E-state index contributed by atoms with van der Waals surface area (Å²) in [6, 6.07) is 3.53. The molecule has 1 atom stereocenters. The summed E-state index contributed by atoms with van der Waals surface area (Å²) in [4.78, 5) is 0. The zero-order chi connectivity index (χ0) is 11.4. The highest BCUT2D eigenvalue weighted by Crippen LogP contribution is 2.21. The number of rotatable bonds is 5. The lowest BCUT2D eigenvalue weighted by Crippen LogP contribution is -2.02. The third kappa shape index (κ3) is 2.65. The van der Waals surface area contributed by atoms with Gasteiger partial charge in [0.15, 0.2) is 5.76 Å². The van der Waals surface area contributed by atoms with Crippen LogP contribution >= 0.6 is 11.8 Å². The van der Waals surface area contributed by atoms with Gasteiger partial charge in [-0.05, 0) is 12.1 Å². The number of hydrogen-bond donors (Lipinski definition) is 1. The first-order valence-corrected chi connectivity index (χ1v) is 5.93. The van der Waals surface area contributed by atoms with E-state index in [-0.39, 0.29) is 11.9 Å². The fourth-order valence-corrected chi connectivity index (χ4v) is 1.73. The summed E-state index contributed by atoms with van der Waals surface area (Å²) in [5, 5.41) is 16.8. The van der Waals surface area contributed by atoms with Crippen LogP contribution in [-0.2, 0) is 5.75 Å². The van der Waals surface area contributed by atoms with Crippen LogP contribution in [0.15, 0.2) is 27.2 Å². The number of nitrogens with zero attached hydrogens (tertiary/aromatic N) is 2. The summed E-state index contributed by atoms with van der Waals surface area (Å²) in [6.07, 6.45) is 1.56. The molecule has 6 heteroatoms. The largest absolute Gasteiger partial charge is 0.459 e. The summed E-state index contributed by atoms with van der Waals surface area (Å²) < 4.78 is 10.5. The van der Waals surface area contributed by atoms with Crippen LogP contribution in [-0.4, -0.2) is 27.2 Å². The Morgan fingerprint density at radius 3 is 3.06 bits per heavy atom. The summed E-state index contributed by atoms with van der Waals surface area (Å²) in [7, 11) is 0. The van der Waals surface area contributed by atoms with Gasteiger partial charge in [0.1, 0.15) is 0 Å². The summed E-state index contributed by atoms with van der Waals surface area (Å²) in [6.45, 7) is 2.08. The molecule has 0 aliphatic carbocycles. The minimum atomic E-state index is 0.143. The molecule has 86 valence electrons. The van der Waals surface area contributed by atoms with Crippen LogP contribution in [0.5, 0.6) is 0 Å². The predicted molar refractivity (Wildman–Crippen MR) is 59.8 cm³/mol. The zero-order valence-corrected chi connectivity index (χ0v) is 9.61. The van der Waals surface area contributed by atoms with Crippen molar-refractivity contribution in [3.05, 3.63) is 24.3 Å². The van der Waals surface area contributed by atoms with Crippen LogP contribution in [0.3, 0.4) is 0 Å². The predicted octanol–water partition coefficient (Wildman–Crippen LogP) is 1.94. The molecule has 2 aromatic heterocycles. The van der Waals surface area contributed by atoms with Crippen molar-refractivity contribution in [2.24, 2.45) is 0 Å². The molecule has 1 N–H and O–H groups in total. The van der Waals surface area contributed by atoms with Crippen molar-refractivity contribution in [1.82, 2.24) is 10.2 Å². The number of aromatic nitrogens is 2. The van der Waals surface area contributed by atoms with Crippen molar-refractivity contribution in [3.63, 3.8) is 0 Å². The number of furan rings is 1. The maximum Gasteiger partial charge on any atom is 0.283 e. The van der Waals surface area contributed by atoms with Gasteiger partial charge >= 0.3 is 0 Å². The van der Waals surface area contributed by atoms with E-state index < -0.39 is 0 Å². The van der Waals surface area contributed by atoms with E-state index in [1.54, 1.807) is 30.2 Å². The van der Waals surface area contributed by atoms with Gasteiger partial charge in [-0.3, -0.25) is 0 Å². The first kappa shape index (κ1) is 11.2. The molecule has 0 saturated heterocycles. The lowest BCUT2D eigenvalue weighted by molar-refractivity contribution is 0.300. The van der Waals surface area contributed by atoms with E-state index in [0.29, 0.717) is 23.3 Å². The average molecular weight is 240 g/mol. The van der Waals surface area contributed by atoms with E-state index in [0.717, 1.165) is 0 Å². The standard InChI is InChI=1S/C10H12N2O3S/c1-7(5-13)16-6-9-11-12-10(15-9)8-3-2-4-14-8/h2-4,7,13H,5-6H2,1H3/t7-/m1/s1. The van der Waals surface area contributed by atoms with E-state index in [1.165, 1.54) is 0 Å². The second-order valence-electron chi connectivity index (χ2n) is 3.28. The van der Waals surface area contributed by atoms with E-state index in [1.807, 2.05) is 6.92 Å². The quantitative estimate of drug-likeness (QED) is 0.861. The first-order valence-electron chi connectivity index (χ1n) is 4.88. The molecule has 0 aliphatic rings. The number of aliphatic hydroxyl groups is 1. The van der Waals surface area contributed by atoms with Crippen LogP contribution in [0.4, 0.5) is 0 Å². The first-order chi connectivity index (χ1) is 7.79. The Bertz CT molecular complexity index is 427. The minimum Gasteiger partial charge on any atom is -0.459 e. The van der Waals surface area contributed by atoms with Gasteiger partial charge in [-0.25, -0.2) is 0 Å².